The molecule has 4 rings (SSSR count). The highest BCUT2D eigenvalue weighted by molar-refractivity contribution is 5.64. The van der Waals surface area contributed by atoms with Crippen LogP contribution in [0.2, 0.25) is 0 Å². The number of piperidine rings is 1. The van der Waals surface area contributed by atoms with E-state index in [1.807, 2.05) is 6.20 Å². The van der Waals surface area contributed by atoms with Crippen molar-refractivity contribution in [2.75, 3.05) is 44.2 Å². The average molecular weight is 379 g/mol. The summed E-state index contributed by atoms with van der Waals surface area (Å²) in [5.41, 5.74) is 3.87. The van der Waals surface area contributed by atoms with Gasteiger partial charge < -0.3 is 4.90 Å². The predicted octanol–water partition coefficient (Wildman–Crippen LogP) is 4.26. The Morgan fingerprint density at radius 3 is 2.07 bits per heavy atom. The minimum absolute atomic E-state index is 0.635. The number of benzene rings is 1. The highest BCUT2D eigenvalue weighted by atomic mass is 15.3. The van der Waals surface area contributed by atoms with Crippen LogP contribution < -0.4 is 4.90 Å². The van der Waals surface area contributed by atoms with Crippen LogP contribution in [0.4, 0.5) is 5.82 Å². The minimum atomic E-state index is 0.635. The molecule has 1 aromatic carbocycles. The van der Waals surface area contributed by atoms with E-state index in [4.69, 9.17) is 4.98 Å². The summed E-state index contributed by atoms with van der Waals surface area (Å²) in [6, 6.07) is 14.1. The van der Waals surface area contributed by atoms with Gasteiger partial charge in [0.05, 0.1) is 0 Å². The summed E-state index contributed by atoms with van der Waals surface area (Å²) in [5.74, 6) is 1.11. The molecule has 2 aliphatic rings. The quantitative estimate of drug-likeness (QED) is 0.775. The maximum absolute atomic E-state index is 4.76. The highest BCUT2D eigenvalue weighted by Crippen LogP contribution is 2.23. The smallest absolute Gasteiger partial charge is 0.128 e. The molecule has 0 unspecified atom stereocenters. The lowest BCUT2D eigenvalue weighted by Gasteiger charge is -2.37. The Bertz CT molecular complexity index is 724. The molecule has 2 aliphatic heterocycles. The lowest BCUT2D eigenvalue weighted by atomic mass is 10.0. The molecule has 0 amide bonds. The van der Waals surface area contributed by atoms with Gasteiger partial charge in [-0.2, -0.15) is 0 Å². The molecule has 0 atom stereocenters. The van der Waals surface area contributed by atoms with Crippen LogP contribution in [0.15, 0.2) is 42.6 Å². The molecule has 4 nitrogen and oxygen atoms in total. The monoisotopic (exact) mass is 378 g/mol. The third-order valence-electron chi connectivity index (χ3n) is 6.26. The maximum atomic E-state index is 4.76. The first-order valence-corrected chi connectivity index (χ1v) is 11.0. The van der Waals surface area contributed by atoms with Crippen LogP contribution in [0, 0.1) is 0 Å². The third-order valence-corrected chi connectivity index (χ3v) is 6.26. The summed E-state index contributed by atoms with van der Waals surface area (Å²) in [6.07, 6.45) is 6.13. The van der Waals surface area contributed by atoms with Crippen LogP contribution in [-0.2, 0) is 6.54 Å². The van der Waals surface area contributed by atoms with Crippen molar-refractivity contribution in [2.45, 2.75) is 45.7 Å². The third kappa shape index (κ3) is 4.73. The zero-order chi connectivity index (χ0) is 19.3. The normalized spacial score (nSPS) is 19.3. The van der Waals surface area contributed by atoms with Crippen molar-refractivity contribution in [2.24, 2.45) is 0 Å². The fourth-order valence-electron chi connectivity index (χ4n) is 4.39. The Labute approximate surface area is 170 Å². The molecule has 0 saturated carbocycles. The second kappa shape index (κ2) is 9.06. The second-order valence-corrected chi connectivity index (χ2v) is 8.56. The number of anilines is 1. The largest absolute Gasteiger partial charge is 0.354 e. The lowest BCUT2D eigenvalue weighted by Crippen LogP contribution is -2.49. The number of aromatic nitrogens is 1. The van der Waals surface area contributed by atoms with Crippen molar-refractivity contribution < 1.29 is 0 Å². The molecular weight excluding hydrogens is 344 g/mol. The minimum Gasteiger partial charge on any atom is -0.354 e. The summed E-state index contributed by atoms with van der Waals surface area (Å²) in [7, 11) is 0. The van der Waals surface area contributed by atoms with Crippen LogP contribution >= 0.6 is 0 Å². The molecule has 2 fully saturated rings. The number of hydrogen-bond donors (Lipinski definition) is 0. The van der Waals surface area contributed by atoms with E-state index in [1.54, 1.807) is 0 Å². The summed E-state index contributed by atoms with van der Waals surface area (Å²) >= 11 is 0. The highest BCUT2D eigenvalue weighted by Gasteiger charge is 2.19. The van der Waals surface area contributed by atoms with Gasteiger partial charge in [-0.1, -0.05) is 30.7 Å². The van der Waals surface area contributed by atoms with E-state index < -0.39 is 0 Å². The number of rotatable bonds is 5. The van der Waals surface area contributed by atoms with Gasteiger partial charge in [0.1, 0.15) is 5.82 Å². The van der Waals surface area contributed by atoms with Crippen LogP contribution in [0.5, 0.6) is 0 Å². The molecule has 3 heterocycles. The lowest BCUT2D eigenvalue weighted by molar-refractivity contribution is 0.209. The van der Waals surface area contributed by atoms with Crippen molar-refractivity contribution in [1.29, 1.82) is 0 Å². The average Bonchev–Trinajstić information content (AvgIpc) is 2.75. The van der Waals surface area contributed by atoms with Crippen molar-refractivity contribution in [1.82, 2.24) is 14.8 Å². The van der Waals surface area contributed by atoms with E-state index in [-0.39, 0.29) is 0 Å². The van der Waals surface area contributed by atoms with E-state index >= 15 is 0 Å². The Morgan fingerprint density at radius 1 is 0.786 bits per heavy atom. The van der Waals surface area contributed by atoms with Gasteiger partial charge in [-0.25, -0.2) is 4.98 Å². The second-order valence-electron chi connectivity index (χ2n) is 8.56. The zero-order valence-electron chi connectivity index (χ0n) is 17.5. The molecule has 4 heteroatoms. The van der Waals surface area contributed by atoms with Crippen LogP contribution in [-0.4, -0.2) is 60.1 Å². The van der Waals surface area contributed by atoms with Gasteiger partial charge in [0, 0.05) is 50.5 Å². The van der Waals surface area contributed by atoms with Crippen molar-refractivity contribution in [3.8, 4) is 11.1 Å². The standard InChI is InChI=1S/C24H34N4/c1-20(2)27-14-16-28(17-15-27)24-11-10-23(18-25-24)22-8-6-21(7-9-22)19-26-12-4-3-5-13-26/h6-11,18,20H,3-5,12-17,19H2,1-2H3. The van der Waals surface area contributed by atoms with Gasteiger partial charge in [0.2, 0.25) is 0 Å². The number of hydrogen-bond acceptors (Lipinski definition) is 4. The summed E-state index contributed by atoms with van der Waals surface area (Å²) in [5, 5.41) is 0. The number of pyridine rings is 1. The molecule has 0 N–H and O–H groups in total. The van der Waals surface area contributed by atoms with Gasteiger partial charge >= 0.3 is 0 Å². The first-order chi connectivity index (χ1) is 13.7. The van der Waals surface area contributed by atoms with E-state index in [0.29, 0.717) is 6.04 Å². The van der Waals surface area contributed by atoms with Crippen LogP contribution in [0.1, 0.15) is 38.7 Å². The predicted molar refractivity (Wildman–Crippen MR) is 118 cm³/mol. The molecule has 2 saturated heterocycles. The number of nitrogens with zero attached hydrogens (tertiary/aromatic N) is 4. The van der Waals surface area contributed by atoms with Crippen molar-refractivity contribution >= 4 is 5.82 Å². The molecule has 2 aromatic rings. The van der Waals surface area contributed by atoms with Crippen molar-refractivity contribution in [3.05, 3.63) is 48.2 Å². The Morgan fingerprint density at radius 2 is 1.46 bits per heavy atom. The van der Waals surface area contributed by atoms with E-state index in [2.05, 4.69) is 64.9 Å². The topological polar surface area (TPSA) is 22.6 Å². The number of piperazine rings is 1. The maximum Gasteiger partial charge on any atom is 0.128 e. The SMILES string of the molecule is CC(C)N1CCN(c2ccc(-c3ccc(CN4CCCCC4)cc3)cn2)CC1. The fraction of sp³-hybridized carbons (Fsp3) is 0.542. The van der Waals surface area contributed by atoms with Gasteiger partial charge in [-0.05, 0) is 63.0 Å². The van der Waals surface area contributed by atoms with Gasteiger partial charge in [-0.3, -0.25) is 9.80 Å². The van der Waals surface area contributed by atoms with Crippen molar-refractivity contribution in [3.63, 3.8) is 0 Å². The molecule has 28 heavy (non-hydrogen) atoms. The first-order valence-electron chi connectivity index (χ1n) is 11.0. The zero-order valence-corrected chi connectivity index (χ0v) is 17.5. The molecule has 0 spiro atoms. The van der Waals surface area contributed by atoms with Gasteiger partial charge in [0.25, 0.3) is 0 Å². The molecule has 1 aromatic heterocycles. The van der Waals surface area contributed by atoms with E-state index in [0.717, 1.165) is 38.5 Å². The van der Waals surface area contributed by atoms with Crippen LogP contribution in [0.3, 0.4) is 0 Å². The first kappa shape index (κ1) is 19.4. The summed E-state index contributed by atoms with van der Waals surface area (Å²) in [4.78, 5) is 12.3. The molecule has 0 bridgehead atoms. The number of likely N-dealkylation sites (tertiary alicyclic amines) is 1. The van der Waals surface area contributed by atoms with Crippen LogP contribution in [0.25, 0.3) is 11.1 Å². The van der Waals surface area contributed by atoms with Gasteiger partial charge in [0.15, 0.2) is 0 Å². The molecule has 150 valence electrons. The molecular formula is C24H34N4. The summed E-state index contributed by atoms with van der Waals surface area (Å²) < 4.78 is 0. The Balaban J connectivity index is 1.36. The Kier molecular flexibility index (Phi) is 6.28. The Hall–Kier alpha value is -1.91. The molecule has 0 radical (unpaired) electrons. The summed E-state index contributed by atoms with van der Waals surface area (Å²) in [6.45, 7) is 12.5. The molecule has 0 aliphatic carbocycles. The van der Waals surface area contributed by atoms with E-state index in [9.17, 15) is 0 Å². The fourth-order valence-corrected chi connectivity index (χ4v) is 4.39. The van der Waals surface area contributed by atoms with Gasteiger partial charge in [-0.15, -0.1) is 0 Å². The van der Waals surface area contributed by atoms with E-state index in [1.165, 1.54) is 49.0 Å².